The summed E-state index contributed by atoms with van der Waals surface area (Å²) in [5.41, 5.74) is 7.74. The second-order valence-electron chi connectivity index (χ2n) is 4.51. The van der Waals surface area contributed by atoms with Gasteiger partial charge in [0.1, 0.15) is 5.75 Å². The largest absolute Gasteiger partial charge is 0.439 e. The van der Waals surface area contributed by atoms with E-state index in [-0.39, 0.29) is 0 Å². The minimum Gasteiger partial charge on any atom is -0.439 e. The van der Waals surface area contributed by atoms with Crippen molar-refractivity contribution in [3.8, 4) is 11.6 Å². The van der Waals surface area contributed by atoms with Crippen LogP contribution in [0.3, 0.4) is 0 Å². The molecule has 0 aliphatic rings. The van der Waals surface area contributed by atoms with Crippen LogP contribution in [0.4, 0.5) is 0 Å². The highest BCUT2D eigenvalue weighted by atomic mass is 16.5. The van der Waals surface area contributed by atoms with Crippen molar-refractivity contribution < 1.29 is 4.74 Å². The van der Waals surface area contributed by atoms with Crippen molar-refractivity contribution in [2.24, 2.45) is 5.73 Å². The number of pyridine rings is 1. The Hall–Kier alpha value is -1.87. The number of hydrogen-bond acceptors (Lipinski definition) is 3. The van der Waals surface area contributed by atoms with E-state index >= 15 is 0 Å². The highest BCUT2D eigenvalue weighted by Crippen LogP contribution is 2.23. The van der Waals surface area contributed by atoms with E-state index in [0.717, 1.165) is 17.0 Å². The molecule has 0 fully saturated rings. The minimum absolute atomic E-state index is 0.356. The van der Waals surface area contributed by atoms with Crippen LogP contribution >= 0.6 is 0 Å². The summed E-state index contributed by atoms with van der Waals surface area (Å²) in [5, 5.41) is 0. The fourth-order valence-electron chi connectivity index (χ4n) is 1.66. The lowest BCUT2D eigenvalue weighted by molar-refractivity contribution is 0.458. The van der Waals surface area contributed by atoms with Gasteiger partial charge in [0, 0.05) is 18.3 Å². The number of nitrogens with two attached hydrogens (primary N) is 1. The van der Waals surface area contributed by atoms with Gasteiger partial charge < -0.3 is 10.5 Å². The first-order chi connectivity index (χ1) is 8.69. The van der Waals surface area contributed by atoms with E-state index in [9.17, 15) is 0 Å². The van der Waals surface area contributed by atoms with Crippen molar-refractivity contribution in [3.63, 3.8) is 0 Å². The SMILES string of the molecule is CC(C)c1cc(CN)cc(Oc2ccccc2)n1. The van der Waals surface area contributed by atoms with Crippen LogP contribution in [0.15, 0.2) is 42.5 Å². The molecular weight excluding hydrogens is 224 g/mol. The molecule has 0 radical (unpaired) electrons. The van der Waals surface area contributed by atoms with Crippen LogP contribution in [0.2, 0.25) is 0 Å². The molecule has 1 aromatic carbocycles. The van der Waals surface area contributed by atoms with Gasteiger partial charge in [-0.1, -0.05) is 32.0 Å². The van der Waals surface area contributed by atoms with Crippen LogP contribution in [0, 0.1) is 0 Å². The Balaban J connectivity index is 2.30. The first kappa shape index (κ1) is 12.6. The Morgan fingerprint density at radius 3 is 2.50 bits per heavy atom. The quantitative estimate of drug-likeness (QED) is 0.893. The van der Waals surface area contributed by atoms with Crippen LogP contribution in [0.5, 0.6) is 11.6 Å². The molecule has 0 saturated heterocycles. The molecular formula is C15H18N2O. The smallest absolute Gasteiger partial charge is 0.219 e. The van der Waals surface area contributed by atoms with Gasteiger partial charge in [0.25, 0.3) is 0 Å². The third-order valence-electron chi connectivity index (χ3n) is 2.67. The number of benzene rings is 1. The lowest BCUT2D eigenvalue weighted by Gasteiger charge is -2.11. The summed E-state index contributed by atoms with van der Waals surface area (Å²) in [7, 11) is 0. The predicted molar refractivity (Wildman–Crippen MR) is 72.7 cm³/mol. The summed E-state index contributed by atoms with van der Waals surface area (Å²) >= 11 is 0. The van der Waals surface area contributed by atoms with E-state index in [0.29, 0.717) is 18.3 Å². The Kier molecular flexibility index (Phi) is 3.95. The van der Waals surface area contributed by atoms with Gasteiger partial charge in [0.2, 0.25) is 5.88 Å². The fraction of sp³-hybridized carbons (Fsp3) is 0.267. The highest BCUT2D eigenvalue weighted by Gasteiger charge is 2.07. The van der Waals surface area contributed by atoms with Crippen molar-refractivity contribution >= 4 is 0 Å². The maximum atomic E-state index is 5.74. The molecule has 0 bridgehead atoms. The molecule has 0 spiro atoms. The van der Waals surface area contributed by atoms with Crippen molar-refractivity contribution in [1.29, 1.82) is 0 Å². The Bertz CT molecular complexity index is 509. The fourth-order valence-corrected chi connectivity index (χ4v) is 1.66. The van der Waals surface area contributed by atoms with Crippen LogP contribution in [-0.2, 0) is 6.54 Å². The monoisotopic (exact) mass is 242 g/mol. The summed E-state index contributed by atoms with van der Waals surface area (Å²) in [5.74, 6) is 1.75. The molecule has 0 saturated carbocycles. The molecule has 0 atom stereocenters. The molecule has 18 heavy (non-hydrogen) atoms. The van der Waals surface area contributed by atoms with Gasteiger partial charge in [0.15, 0.2) is 0 Å². The van der Waals surface area contributed by atoms with E-state index in [4.69, 9.17) is 10.5 Å². The maximum absolute atomic E-state index is 5.74. The molecule has 1 heterocycles. The second kappa shape index (κ2) is 5.65. The average molecular weight is 242 g/mol. The first-order valence-corrected chi connectivity index (χ1v) is 6.13. The van der Waals surface area contributed by atoms with E-state index < -0.39 is 0 Å². The van der Waals surface area contributed by atoms with Gasteiger partial charge in [-0.2, -0.15) is 0 Å². The summed E-state index contributed by atoms with van der Waals surface area (Å²) in [6.45, 7) is 4.71. The third-order valence-corrected chi connectivity index (χ3v) is 2.67. The molecule has 2 N–H and O–H groups in total. The van der Waals surface area contributed by atoms with Crippen LogP contribution < -0.4 is 10.5 Å². The molecule has 0 unspecified atom stereocenters. The summed E-state index contributed by atoms with van der Waals surface area (Å²) in [4.78, 5) is 4.50. The molecule has 3 nitrogen and oxygen atoms in total. The Labute approximate surface area is 108 Å². The van der Waals surface area contributed by atoms with Crippen molar-refractivity contribution in [3.05, 3.63) is 53.7 Å². The van der Waals surface area contributed by atoms with Gasteiger partial charge in [-0.3, -0.25) is 0 Å². The number of nitrogens with zero attached hydrogens (tertiary/aromatic N) is 1. The summed E-state index contributed by atoms with van der Waals surface area (Å²) in [6.07, 6.45) is 0. The topological polar surface area (TPSA) is 48.1 Å². The van der Waals surface area contributed by atoms with Crippen LogP contribution in [0.1, 0.15) is 31.0 Å². The highest BCUT2D eigenvalue weighted by molar-refractivity contribution is 5.31. The average Bonchev–Trinajstić information content (AvgIpc) is 2.39. The van der Waals surface area contributed by atoms with Crippen LogP contribution in [-0.4, -0.2) is 4.98 Å². The number of aromatic nitrogens is 1. The van der Waals surface area contributed by atoms with E-state index in [1.807, 2.05) is 42.5 Å². The number of ether oxygens (including phenoxy) is 1. The van der Waals surface area contributed by atoms with Gasteiger partial charge in [-0.25, -0.2) is 4.98 Å². The van der Waals surface area contributed by atoms with Gasteiger partial charge in [-0.15, -0.1) is 0 Å². The van der Waals surface area contributed by atoms with Gasteiger partial charge in [-0.05, 0) is 29.7 Å². The van der Waals surface area contributed by atoms with Crippen molar-refractivity contribution in [2.75, 3.05) is 0 Å². The maximum Gasteiger partial charge on any atom is 0.219 e. The first-order valence-electron chi connectivity index (χ1n) is 6.13. The standard InChI is InChI=1S/C15H18N2O/c1-11(2)14-8-12(10-16)9-15(17-14)18-13-6-4-3-5-7-13/h3-9,11H,10,16H2,1-2H3. The Morgan fingerprint density at radius 1 is 1.17 bits per heavy atom. The zero-order chi connectivity index (χ0) is 13.0. The lowest BCUT2D eigenvalue weighted by atomic mass is 10.1. The zero-order valence-electron chi connectivity index (χ0n) is 10.8. The number of rotatable bonds is 4. The molecule has 2 aromatic rings. The normalized spacial score (nSPS) is 10.7. The van der Waals surface area contributed by atoms with E-state index in [1.165, 1.54) is 0 Å². The van der Waals surface area contributed by atoms with Crippen LogP contribution in [0.25, 0.3) is 0 Å². The minimum atomic E-state index is 0.356. The number of para-hydroxylation sites is 1. The van der Waals surface area contributed by atoms with E-state index in [1.54, 1.807) is 0 Å². The van der Waals surface area contributed by atoms with E-state index in [2.05, 4.69) is 18.8 Å². The summed E-state index contributed by atoms with van der Waals surface area (Å²) in [6, 6.07) is 13.6. The second-order valence-corrected chi connectivity index (χ2v) is 4.51. The molecule has 1 aromatic heterocycles. The van der Waals surface area contributed by atoms with Crippen molar-refractivity contribution in [2.45, 2.75) is 26.3 Å². The lowest BCUT2D eigenvalue weighted by Crippen LogP contribution is -2.02. The molecule has 0 aliphatic heterocycles. The molecule has 3 heteroatoms. The Morgan fingerprint density at radius 2 is 1.89 bits per heavy atom. The molecule has 94 valence electrons. The molecule has 2 rings (SSSR count). The molecule has 0 amide bonds. The predicted octanol–water partition coefficient (Wildman–Crippen LogP) is 3.46. The molecule has 0 aliphatic carbocycles. The van der Waals surface area contributed by atoms with Crippen molar-refractivity contribution in [1.82, 2.24) is 4.98 Å². The van der Waals surface area contributed by atoms with Gasteiger partial charge >= 0.3 is 0 Å². The zero-order valence-corrected chi connectivity index (χ0v) is 10.8. The number of hydrogen-bond donors (Lipinski definition) is 1. The van der Waals surface area contributed by atoms with Gasteiger partial charge in [0.05, 0.1) is 0 Å². The third kappa shape index (κ3) is 3.08. The summed E-state index contributed by atoms with van der Waals surface area (Å²) < 4.78 is 5.74.